The van der Waals surface area contributed by atoms with Crippen molar-refractivity contribution >= 4 is 34.4 Å². The number of ketones is 1. The van der Waals surface area contributed by atoms with Crippen LogP contribution in [0.4, 0.5) is 5.69 Å². The van der Waals surface area contributed by atoms with E-state index in [-0.39, 0.29) is 18.1 Å². The Morgan fingerprint density at radius 1 is 1.21 bits per heavy atom. The van der Waals surface area contributed by atoms with E-state index in [1.807, 2.05) is 41.8 Å². The molecule has 0 aliphatic heterocycles. The van der Waals surface area contributed by atoms with Crippen LogP contribution in [-0.4, -0.2) is 26.3 Å². The lowest BCUT2D eigenvalue weighted by Gasteiger charge is -2.08. The average molecular weight is 400 g/mol. The van der Waals surface area contributed by atoms with Crippen LogP contribution in [0.2, 0.25) is 0 Å². The van der Waals surface area contributed by atoms with Crippen molar-refractivity contribution in [3.05, 3.63) is 70.7 Å². The standard InChI is InChI=1S/C22H16N4O2S/c1-2-3-9-20(27)25-16-7-4-6-15(13-16)18-10-11-23-22-17(14-24-26(18)22)21(28)19-8-5-12-29-19/h1,4-8,10-14H,3,9H2,(H,25,27). The third-order valence-corrected chi connectivity index (χ3v) is 5.20. The second kappa shape index (κ2) is 8.09. The lowest BCUT2D eigenvalue weighted by molar-refractivity contribution is -0.116. The molecule has 4 aromatic rings. The molecule has 0 saturated carbocycles. The van der Waals surface area contributed by atoms with Gasteiger partial charge in [0.05, 0.1) is 22.3 Å². The number of carbonyl (C=O) groups is 2. The quantitative estimate of drug-likeness (QED) is 0.391. The maximum Gasteiger partial charge on any atom is 0.225 e. The van der Waals surface area contributed by atoms with E-state index < -0.39 is 0 Å². The Morgan fingerprint density at radius 3 is 2.90 bits per heavy atom. The first-order valence-electron chi connectivity index (χ1n) is 8.92. The molecule has 3 heterocycles. The summed E-state index contributed by atoms with van der Waals surface area (Å²) in [6.45, 7) is 0. The maximum absolute atomic E-state index is 12.7. The molecule has 0 spiro atoms. The van der Waals surface area contributed by atoms with Crippen LogP contribution in [0.1, 0.15) is 28.1 Å². The third kappa shape index (κ3) is 3.79. The number of terminal acetylenes is 1. The summed E-state index contributed by atoms with van der Waals surface area (Å²) >= 11 is 1.38. The number of hydrogen-bond donors (Lipinski definition) is 1. The van der Waals surface area contributed by atoms with Crippen molar-refractivity contribution in [1.29, 1.82) is 0 Å². The fourth-order valence-electron chi connectivity index (χ4n) is 2.98. The molecule has 1 amide bonds. The number of rotatable bonds is 6. The Labute approximate surface area is 171 Å². The van der Waals surface area contributed by atoms with E-state index in [9.17, 15) is 9.59 Å². The van der Waals surface area contributed by atoms with Gasteiger partial charge in [0, 0.05) is 30.3 Å². The zero-order valence-electron chi connectivity index (χ0n) is 15.3. The van der Waals surface area contributed by atoms with Gasteiger partial charge in [-0.2, -0.15) is 5.10 Å². The first-order valence-corrected chi connectivity index (χ1v) is 9.80. The molecule has 0 aliphatic rings. The van der Waals surface area contributed by atoms with Crippen LogP contribution in [0.3, 0.4) is 0 Å². The predicted molar refractivity (Wildman–Crippen MR) is 113 cm³/mol. The van der Waals surface area contributed by atoms with Gasteiger partial charge in [-0.3, -0.25) is 9.59 Å². The van der Waals surface area contributed by atoms with E-state index >= 15 is 0 Å². The number of carbonyl (C=O) groups excluding carboxylic acids is 2. The van der Waals surface area contributed by atoms with E-state index in [4.69, 9.17) is 6.42 Å². The lowest BCUT2D eigenvalue weighted by Crippen LogP contribution is -2.10. The van der Waals surface area contributed by atoms with Crippen LogP contribution < -0.4 is 5.32 Å². The van der Waals surface area contributed by atoms with Gasteiger partial charge in [-0.15, -0.1) is 23.7 Å². The Bertz CT molecular complexity index is 1240. The number of hydrogen-bond acceptors (Lipinski definition) is 5. The molecule has 0 atom stereocenters. The third-order valence-electron chi connectivity index (χ3n) is 4.33. The van der Waals surface area contributed by atoms with E-state index in [0.29, 0.717) is 28.2 Å². The average Bonchev–Trinajstić information content (AvgIpc) is 3.42. The van der Waals surface area contributed by atoms with Crippen molar-refractivity contribution in [2.75, 3.05) is 5.32 Å². The molecule has 142 valence electrons. The number of benzene rings is 1. The molecular weight excluding hydrogens is 384 g/mol. The number of thiophene rings is 1. The van der Waals surface area contributed by atoms with Crippen LogP contribution in [-0.2, 0) is 4.79 Å². The molecule has 0 bridgehead atoms. The number of aromatic nitrogens is 3. The number of fused-ring (bicyclic) bond motifs is 1. The summed E-state index contributed by atoms with van der Waals surface area (Å²) < 4.78 is 1.64. The molecule has 4 rings (SSSR count). The van der Waals surface area contributed by atoms with Crippen molar-refractivity contribution in [1.82, 2.24) is 14.6 Å². The number of nitrogens with one attached hydrogen (secondary N) is 1. The zero-order valence-corrected chi connectivity index (χ0v) is 16.1. The fraction of sp³-hybridized carbons (Fsp3) is 0.0909. The van der Waals surface area contributed by atoms with Crippen LogP contribution in [0.15, 0.2) is 60.2 Å². The van der Waals surface area contributed by atoms with Gasteiger partial charge in [-0.1, -0.05) is 18.2 Å². The van der Waals surface area contributed by atoms with Gasteiger partial charge < -0.3 is 5.32 Å². The Balaban J connectivity index is 1.69. The summed E-state index contributed by atoms with van der Waals surface area (Å²) in [7, 11) is 0. The highest BCUT2D eigenvalue weighted by atomic mass is 32.1. The normalized spacial score (nSPS) is 10.6. The van der Waals surface area contributed by atoms with Gasteiger partial charge in [0.1, 0.15) is 0 Å². The van der Waals surface area contributed by atoms with Gasteiger partial charge in [-0.05, 0) is 29.6 Å². The van der Waals surface area contributed by atoms with Crippen molar-refractivity contribution in [2.24, 2.45) is 0 Å². The second-order valence-electron chi connectivity index (χ2n) is 6.26. The summed E-state index contributed by atoms with van der Waals surface area (Å²) in [5, 5.41) is 9.09. The lowest BCUT2D eigenvalue weighted by atomic mass is 10.1. The molecule has 6 nitrogen and oxygen atoms in total. The Kier molecular flexibility index (Phi) is 5.18. The van der Waals surface area contributed by atoms with E-state index in [0.717, 1.165) is 11.3 Å². The molecule has 3 aromatic heterocycles. The second-order valence-corrected chi connectivity index (χ2v) is 7.21. The first kappa shape index (κ1) is 18.6. The number of nitrogens with zero attached hydrogens (tertiary/aromatic N) is 3. The molecular formula is C22H16N4O2S. The predicted octanol–water partition coefficient (Wildman–Crippen LogP) is 4.04. The van der Waals surface area contributed by atoms with Gasteiger partial charge in [0.25, 0.3) is 0 Å². The van der Waals surface area contributed by atoms with Crippen LogP contribution >= 0.6 is 11.3 Å². The maximum atomic E-state index is 12.7. The highest BCUT2D eigenvalue weighted by molar-refractivity contribution is 7.12. The minimum atomic E-state index is -0.136. The molecule has 1 N–H and O–H groups in total. The van der Waals surface area contributed by atoms with Crippen molar-refractivity contribution in [3.8, 4) is 23.6 Å². The van der Waals surface area contributed by atoms with Gasteiger partial charge in [0.2, 0.25) is 11.7 Å². The van der Waals surface area contributed by atoms with Gasteiger partial charge in [-0.25, -0.2) is 9.50 Å². The summed E-state index contributed by atoms with van der Waals surface area (Å²) in [6.07, 6.45) is 9.06. The molecule has 1 aromatic carbocycles. The number of amides is 1. The zero-order chi connectivity index (χ0) is 20.2. The van der Waals surface area contributed by atoms with Crippen molar-refractivity contribution in [2.45, 2.75) is 12.8 Å². The largest absolute Gasteiger partial charge is 0.326 e. The Hall–Kier alpha value is -3.76. The first-order chi connectivity index (χ1) is 14.2. The molecule has 0 unspecified atom stereocenters. The van der Waals surface area contributed by atoms with E-state index in [1.165, 1.54) is 11.3 Å². The highest BCUT2D eigenvalue weighted by Gasteiger charge is 2.18. The Morgan fingerprint density at radius 2 is 2.10 bits per heavy atom. The SMILES string of the molecule is C#CCCC(=O)Nc1cccc(-c2ccnc3c(C(=O)c4cccs4)cnn23)c1. The molecule has 0 saturated heterocycles. The van der Waals surface area contributed by atoms with Crippen LogP contribution in [0.5, 0.6) is 0 Å². The van der Waals surface area contributed by atoms with Crippen molar-refractivity contribution < 1.29 is 9.59 Å². The molecule has 0 fully saturated rings. The number of anilines is 1. The summed E-state index contributed by atoms with van der Waals surface area (Å²) in [5.74, 6) is 2.22. The molecule has 7 heteroatoms. The summed E-state index contributed by atoms with van der Waals surface area (Å²) in [4.78, 5) is 29.7. The van der Waals surface area contributed by atoms with Gasteiger partial charge >= 0.3 is 0 Å². The summed E-state index contributed by atoms with van der Waals surface area (Å²) in [5.41, 5.74) is 3.21. The molecule has 29 heavy (non-hydrogen) atoms. The minimum absolute atomic E-state index is 0.103. The molecule has 0 radical (unpaired) electrons. The smallest absolute Gasteiger partial charge is 0.225 e. The van der Waals surface area contributed by atoms with E-state index in [1.54, 1.807) is 23.0 Å². The topological polar surface area (TPSA) is 76.4 Å². The fourth-order valence-corrected chi connectivity index (χ4v) is 3.65. The monoisotopic (exact) mass is 400 g/mol. The highest BCUT2D eigenvalue weighted by Crippen LogP contribution is 2.25. The van der Waals surface area contributed by atoms with Crippen molar-refractivity contribution in [3.63, 3.8) is 0 Å². The van der Waals surface area contributed by atoms with Gasteiger partial charge in [0.15, 0.2) is 5.65 Å². The van der Waals surface area contributed by atoms with E-state index in [2.05, 4.69) is 21.3 Å². The van der Waals surface area contributed by atoms with Crippen LogP contribution in [0, 0.1) is 12.3 Å². The van der Waals surface area contributed by atoms with Crippen LogP contribution in [0.25, 0.3) is 16.9 Å². The minimum Gasteiger partial charge on any atom is -0.326 e. The molecule has 0 aliphatic carbocycles. The summed E-state index contributed by atoms with van der Waals surface area (Å²) in [6, 6.07) is 12.9.